The van der Waals surface area contributed by atoms with E-state index in [4.69, 9.17) is 4.74 Å². The predicted octanol–water partition coefficient (Wildman–Crippen LogP) is 1.80. The fourth-order valence-corrected chi connectivity index (χ4v) is 2.35. The summed E-state index contributed by atoms with van der Waals surface area (Å²) in [5.41, 5.74) is 0. The van der Waals surface area contributed by atoms with Crippen molar-refractivity contribution in [1.29, 1.82) is 0 Å². The van der Waals surface area contributed by atoms with E-state index in [1.54, 1.807) is 0 Å². The zero-order valence-corrected chi connectivity index (χ0v) is 11.6. The third kappa shape index (κ3) is 6.12. The Morgan fingerprint density at radius 2 is 2.25 bits per heavy atom. The number of nitrogens with one attached hydrogen (secondary N) is 2. The van der Waals surface area contributed by atoms with E-state index in [0.717, 1.165) is 32.0 Å². The van der Waals surface area contributed by atoms with Crippen molar-refractivity contribution in [3.8, 4) is 0 Å². The molecule has 1 amide bonds. The summed E-state index contributed by atoms with van der Waals surface area (Å²) >= 11 is 0. The molecule has 0 aromatic carbocycles. The number of carbonyl (C=O) groups is 1. The van der Waals surface area contributed by atoms with Crippen molar-refractivity contribution in [3.05, 3.63) is 0 Å². The highest BCUT2D eigenvalue weighted by Crippen LogP contribution is 2.08. The lowest BCUT2D eigenvalue weighted by Gasteiger charge is -2.23. The molecule has 1 fully saturated rings. The lowest BCUT2D eigenvalue weighted by atomic mass is 10.1. The van der Waals surface area contributed by atoms with Crippen molar-refractivity contribution in [2.24, 2.45) is 0 Å². The van der Waals surface area contributed by atoms with Crippen molar-refractivity contribution in [3.63, 3.8) is 0 Å². The number of rotatable bonds is 4. The molecule has 1 rings (SSSR count). The molecule has 1 heterocycles. The van der Waals surface area contributed by atoms with Crippen LogP contribution in [0.4, 0.5) is 4.79 Å². The van der Waals surface area contributed by atoms with Gasteiger partial charge >= 0.3 is 6.09 Å². The maximum absolute atomic E-state index is 11.5. The first-order valence-corrected chi connectivity index (χ1v) is 9.82. The number of ether oxygens (including phenoxy) is 1. The lowest BCUT2D eigenvalue weighted by molar-refractivity contribution is 0.145. The van der Waals surface area contributed by atoms with Crippen LogP contribution in [0.2, 0.25) is 25.7 Å². The molecule has 4 nitrogen and oxygen atoms in total. The summed E-state index contributed by atoms with van der Waals surface area (Å²) in [6, 6.07) is 1.27. The Hall–Kier alpha value is -0.553. The van der Waals surface area contributed by atoms with Crippen LogP contribution in [-0.4, -0.2) is 39.9 Å². The van der Waals surface area contributed by atoms with E-state index < -0.39 is 8.07 Å². The molecule has 0 aromatic rings. The molecule has 94 valence electrons. The molecule has 0 radical (unpaired) electrons. The third-order valence-electron chi connectivity index (χ3n) is 2.70. The van der Waals surface area contributed by atoms with Crippen LogP contribution in [0.1, 0.15) is 12.8 Å². The van der Waals surface area contributed by atoms with Crippen molar-refractivity contribution < 1.29 is 9.53 Å². The summed E-state index contributed by atoms with van der Waals surface area (Å²) < 4.78 is 5.18. The molecule has 1 atom stereocenters. The zero-order chi connectivity index (χ0) is 12.0. The molecule has 0 saturated carbocycles. The highest BCUT2D eigenvalue weighted by molar-refractivity contribution is 6.76. The van der Waals surface area contributed by atoms with Crippen LogP contribution in [0.15, 0.2) is 0 Å². The van der Waals surface area contributed by atoms with Gasteiger partial charge in [0.05, 0.1) is 6.61 Å². The number of hydrogen-bond acceptors (Lipinski definition) is 3. The van der Waals surface area contributed by atoms with Crippen molar-refractivity contribution >= 4 is 14.2 Å². The molecule has 0 bridgehead atoms. The second-order valence-corrected chi connectivity index (χ2v) is 11.3. The Morgan fingerprint density at radius 3 is 2.81 bits per heavy atom. The van der Waals surface area contributed by atoms with Gasteiger partial charge in [-0.05, 0) is 25.4 Å². The highest BCUT2D eigenvalue weighted by atomic mass is 28.3. The maximum Gasteiger partial charge on any atom is 0.407 e. The summed E-state index contributed by atoms with van der Waals surface area (Å²) in [5.74, 6) is 0. The van der Waals surface area contributed by atoms with Crippen LogP contribution >= 0.6 is 0 Å². The summed E-state index contributed by atoms with van der Waals surface area (Å²) in [4.78, 5) is 11.5. The Kier molecular flexibility index (Phi) is 5.28. The molecule has 1 aliphatic rings. The average Bonchev–Trinajstić information content (AvgIpc) is 2.17. The Labute approximate surface area is 99.1 Å². The third-order valence-corrected chi connectivity index (χ3v) is 4.41. The molecular formula is C11H24N2O2Si. The van der Waals surface area contributed by atoms with Gasteiger partial charge in [-0.2, -0.15) is 0 Å². The largest absolute Gasteiger partial charge is 0.450 e. The molecule has 1 aliphatic heterocycles. The monoisotopic (exact) mass is 244 g/mol. The minimum absolute atomic E-state index is 0.244. The van der Waals surface area contributed by atoms with Crippen LogP contribution in [0, 0.1) is 0 Å². The van der Waals surface area contributed by atoms with Gasteiger partial charge in [-0.3, -0.25) is 0 Å². The van der Waals surface area contributed by atoms with Gasteiger partial charge in [-0.1, -0.05) is 19.6 Å². The fourth-order valence-electron chi connectivity index (χ4n) is 1.63. The predicted molar refractivity (Wildman–Crippen MR) is 68.5 cm³/mol. The lowest BCUT2D eigenvalue weighted by Crippen LogP contribution is -2.45. The zero-order valence-electron chi connectivity index (χ0n) is 10.6. The molecule has 16 heavy (non-hydrogen) atoms. The van der Waals surface area contributed by atoms with Gasteiger partial charge in [0.2, 0.25) is 0 Å². The molecule has 1 saturated heterocycles. The van der Waals surface area contributed by atoms with E-state index in [0.29, 0.717) is 6.61 Å². The minimum atomic E-state index is -1.09. The van der Waals surface area contributed by atoms with E-state index >= 15 is 0 Å². The average molecular weight is 244 g/mol. The normalized spacial score (nSPS) is 21.6. The van der Waals surface area contributed by atoms with Crippen LogP contribution in [-0.2, 0) is 4.74 Å². The van der Waals surface area contributed by atoms with Crippen LogP contribution in [0.5, 0.6) is 0 Å². The summed E-state index contributed by atoms with van der Waals surface area (Å²) in [6.07, 6.45) is 1.92. The Bertz CT molecular complexity index is 223. The standard InChI is InChI=1S/C11H24N2O2Si/c1-16(2,3)8-7-15-11(14)13-10-5-4-6-12-9-10/h10,12H,4-9H2,1-3H3,(H,13,14). The first-order valence-electron chi connectivity index (χ1n) is 6.11. The van der Waals surface area contributed by atoms with E-state index in [-0.39, 0.29) is 12.1 Å². The summed E-state index contributed by atoms with van der Waals surface area (Å²) in [7, 11) is -1.09. The summed E-state index contributed by atoms with van der Waals surface area (Å²) in [5, 5.41) is 6.15. The number of alkyl carbamates (subject to hydrolysis) is 1. The fraction of sp³-hybridized carbons (Fsp3) is 0.909. The Balaban J connectivity index is 2.10. The number of carbonyl (C=O) groups excluding carboxylic acids is 1. The van der Waals surface area contributed by atoms with E-state index in [1.807, 2.05) is 0 Å². The Morgan fingerprint density at radius 1 is 1.50 bits per heavy atom. The van der Waals surface area contributed by atoms with Gasteiger partial charge in [-0.25, -0.2) is 4.79 Å². The van der Waals surface area contributed by atoms with Gasteiger partial charge in [0, 0.05) is 20.7 Å². The van der Waals surface area contributed by atoms with E-state index in [2.05, 4.69) is 30.3 Å². The van der Waals surface area contributed by atoms with Gasteiger partial charge < -0.3 is 15.4 Å². The quantitative estimate of drug-likeness (QED) is 0.742. The minimum Gasteiger partial charge on any atom is -0.450 e. The number of amides is 1. The van der Waals surface area contributed by atoms with Gasteiger partial charge in [0.25, 0.3) is 0 Å². The molecule has 0 aliphatic carbocycles. The van der Waals surface area contributed by atoms with Crippen molar-refractivity contribution in [2.75, 3.05) is 19.7 Å². The molecule has 0 spiro atoms. The second-order valence-electron chi connectivity index (χ2n) is 5.63. The van der Waals surface area contributed by atoms with E-state index in [9.17, 15) is 4.79 Å². The molecular weight excluding hydrogens is 220 g/mol. The maximum atomic E-state index is 11.5. The molecule has 5 heteroatoms. The van der Waals surface area contributed by atoms with Gasteiger partial charge in [-0.15, -0.1) is 0 Å². The molecule has 2 N–H and O–H groups in total. The topological polar surface area (TPSA) is 50.4 Å². The van der Waals surface area contributed by atoms with Gasteiger partial charge in [0.1, 0.15) is 0 Å². The SMILES string of the molecule is C[Si](C)(C)CCOC(=O)NC1CCCNC1. The molecule has 1 unspecified atom stereocenters. The van der Waals surface area contributed by atoms with Crippen molar-refractivity contribution in [2.45, 2.75) is 44.6 Å². The first-order chi connectivity index (χ1) is 7.47. The first kappa shape index (κ1) is 13.5. The number of piperidine rings is 1. The smallest absolute Gasteiger partial charge is 0.407 e. The van der Waals surface area contributed by atoms with Gasteiger partial charge in [0.15, 0.2) is 0 Å². The second kappa shape index (κ2) is 6.25. The van der Waals surface area contributed by atoms with Crippen LogP contribution < -0.4 is 10.6 Å². The van der Waals surface area contributed by atoms with Crippen LogP contribution in [0.25, 0.3) is 0 Å². The molecule has 0 aromatic heterocycles. The van der Waals surface area contributed by atoms with Crippen molar-refractivity contribution in [1.82, 2.24) is 10.6 Å². The number of hydrogen-bond donors (Lipinski definition) is 2. The highest BCUT2D eigenvalue weighted by Gasteiger charge is 2.17. The van der Waals surface area contributed by atoms with Crippen LogP contribution in [0.3, 0.4) is 0 Å². The van der Waals surface area contributed by atoms with E-state index in [1.165, 1.54) is 0 Å². The summed E-state index contributed by atoms with van der Waals surface area (Å²) in [6.45, 7) is 9.31.